The van der Waals surface area contributed by atoms with Gasteiger partial charge < -0.3 is 9.47 Å². The molecular formula is C16H18N2O2. The molecule has 2 rings (SSSR count). The highest BCUT2D eigenvalue weighted by atomic mass is 16.5. The van der Waals surface area contributed by atoms with E-state index < -0.39 is 0 Å². The van der Waals surface area contributed by atoms with E-state index in [9.17, 15) is 0 Å². The van der Waals surface area contributed by atoms with Crippen molar-refractivity contribution in [2.75, 3.05) is 26.3 Å². The molecule has 0 N–H and O–H groups in total. The number of ether oxygens (including phenoxy) is 2. The lowest BCUT2D eigenvalue weighted by Crippen LogP contribution is -2.08. The lowest BCUT2D eigenvalue weighted by molar-refractivity contribution is 0.394. The van der Waals surface area contributed by atoms with Gasteiger partial charge in [-0.15, -0.1) is 0 Å². The first-order chi connectivity index (χ1) is 9.72. The van der Waals surface area contributed by atoms with Crippen LogP contribution in [0.3, 0.4) is 0 Å². The SMILES string of the molecule is COc1cc(/C=N/N(C)c2ccccc2)cc(OC)c1. The molecule has 0 saturated carbocycles. The summed E-state index contributed by atoms with van der Waals surface area (Å²) in [6, 6.07) is 15.6. The maximum absolute atomic E-state index is 5.23. The first-order valence-electron chi connectivity index (χ1n) is 6.29. The fraction of sp³-hybridized carbons (Fsp3) is 0.188. The molecule has 104 valence electrons. The van der Waals surface area contributed by atoms with Gasteiger partial charge in [0.25, 0.3) is 0 Å². The molecule has 0 heterocycles. The van der Waals surface area contributed by atoms with E-state index in [-0.39, 0.29) is 0 Å². The Morgan fingerprint density at radius 3 is 2.10 bits per heavy atom. The third kappa shape index (κ3) is 3.51. The van der Waals surface area contributed by atoms with Crippen LogP contribution in [0, 0.1) is 0 Å². The second-order valence-corrected chi connectivity index (χ2v) is 4.25. The Kier molecular flexibility index (Phi) is 4.60. The minimum Gasteiger partial charge on any atom is -0.497 e. The fourth-order valence-electron chi connectivity index (χ4n) is 1.77. The summed E-state index contributed by atoms with van der Waals surface area (Å²) in [5.41, 5.74) is 1.95. The van der Waals surface area contributed by atoms with Crippen LogP contribution in [-0.2, 0) is 0 Å². The molecule has 0 unspecified atom stereocenters. The molecule has 0 aliphatic carbocycles. The summed E-state index contributed by atoms with van der Waals surface area (Å²) in [6.07, 6.45) is 1.78. The second kappa shape index (κ2) is 6.61. The number of nitrogens with zero attached hydrogens (tertiary/aromatic N) is 2. The highest BCUT2D eigenvalue weighted by molar-refractivity contribution is 5.81. The predicted octanol–water partition coefficient (Wildman–Crippen LogP) is 3.17. The van der Waals surface area contributed by atoms with Crippen LogP contribution in [0.1, 0.15) is 5.56 Å². The zero-order valence-corrected chi connectivity index (χ0v) is 11.9. The predicted molar refractivity (Wildman–Crippen MR) is 82.0 cm³/mol. The molecule has 0 radical (unpaired) electrons. The summed E-state index contributed by atoms with van der Waals surface area (Å²) >= 11 is 0. The van der Waals surface area contributed by atoms with Gasteiger partial charge in [0, 0.05) is 18.7 Å². The smallest absolute Gasteiger partial charge is 0.123 e. The Hall–Kier alpha value is -2.49. The fourth-order valence-corrected chi connectivity index (χ4v) is 1.77. The molecule has 4 heteroatoms. The van der Waals surface area contributed by atoms with Crippen molar-refractivity contribution in [3.63, 3.8) is 0 Å². The summed E-state index contributed by atoms with van der Waals surface area (Å²) in [6.45, 7) is 0. The molecule has 0 amide bonds. The first-order valence-corrected chi connectivity index (χ1v) is 6.29. The third-order valence-electron chi connectivity index (χ3n) is 2.88. The van der Waals surface area contributed by atoms with Crippen LogP contribution in [-0.4, -0.2) is 27.5 Å². The molecule has 0 bridgehead atoms. The quantitative estimate of drug-likeness (QED) is 0.618. The van der Waals surface area contributed by atoms with Gasteiger partial charge in [0.2, 0.25) is 0 Å². The van der Waals surface area contributed by atoms with Gasteiger partial charge in [0.05, 0.1) is 26.1 Å². The van der Waals surface area contributed by atoms with E-state index in [0.717, 1.165) is 22.7 Å². The van der Waals surface area contributed by atoms with E-state index in [2.05, 4.69) is 5.10 Å². The summed E-state index contributed by atoms with van der Waals surface area (Å²) in [5.74, 6) is 1.49. The van der Waals surface area contributed by atoms with E-state index in [1.807, 2.05) is 60.6 Å². The van der Waals surface area contributed by atoms with E-state index in [0.29, 0.717) is 0 Å². The number of hydrogen-bond acceptors (Lipinski definition) is 4. The van der Waals surface area contributed by atoms with Crippen LogP contribution in [0.2, 0.25) is 0 Å². The number of methoxy groups -OCH3 is 2. The van der Waals surface area contributed by atoms with E-state index in [1.54, 1.807) is 20.4 Å². The Balaban J connectivity index is 2.18. The van der Waals surface area contributed by atoms with Crippen molar-refractivity contribution in [3.05, 3.63) is 54.1 Å². The van der Waals surface area contributed by atoms with Crippen molar-refractivity contribution in [1.82, 2.24) is 0 Å². The molecule has 0 saturated heterocycles. The summed E-state index contributed by atoms with van der Waals surface area (Å²) in [5, 5.41) is 6.22. The highest BCUT2D eigenvalue weighted by Gasteiger charge is 2.01. The van der Waals surface area contributed by atoms with Crippen LogP contribution >= 0.6 is 0 Å². The van der Waals surface area contributed by atoms with Crippen molar-refractivity contribution >= 4 is 11.9 Å². The lowest BCUT2D eigenvalue weighted by Gasteiger charge is -2.12. The Bertz CT molecular complexity index is 560. The van der Waals surface area contributed by atoms with E-state index >= 15 is 0 Å². The van der Waals surface area contributed by atoms with Gasteiger partial charge in [-0.05, 0) is 24.3 Å². The lowest BCUT2D eigenvalue weighted by atomic mass is 10.2. The van der Waals surface area contributed by atoms with Gasteiger partial charge >= 0.3 is 0 Å². The molecule has 2 aromatic carbocycles. The van der Waals surface area contributed by atoms with Gasteiger partial charge in [-0.25, -0.2) is 0 Å². The number of hydrogen-bond donors (Lipinski definition) is 0. The maximum Gasteiger partial charge on any atom is 0.123 e. The monoisotopic (exact) mass is 270 g/mol. The van der Waals surface area contributed by atoms with Gasteiger partial charge in [-0.2, -0.15) is 5.10 Å². The topological polar surface area (TPSA) is 34.1 Å². The number of para-hydroxylation sites is 1. The van der Waals surface area contributed by atoms with Crippen molar-refractivity contribution in [1.29, 1.82) is 0 Å². The van der Waals surface area contributed by atoms with Crippen LogP contribution < -0.4 is 14.5 Å². The largest absolute Gasteiger partial charge is 0.497 e. The molecule has 2 aromatic rings. The molecule has 0 aliphatic heterocycles. The van der Waals surface area contributed by atoms with Crippen molar-refractivity contribution < 1.29 is 9.47 Å². The van der Waals surface area contributed by atoms with Crippen LogP contribution in [0.5, 0.6) is 11.5 Å². The van der Waals surface area contributed by atoms with Crippen molar-refractivity contribution in [2.45, 2.75) is 0 Å². The van der Waals surface area contributed by atoms with Crippen molar-refractivity contribution in [3.8, 4) is 11.5 Å². The molecule has 0 atom stereocenters. The normalized spacial score (nSPS) is 10.6. The first kappa shape index (κ1) is 13.9. The van der Waals surface area contributed by atoms with Crippen molar-refractivity contribution in [2.24, 2.45) is 5.10 Å². The van der Waals surface area contributed by atoms with Crippen LogP contribution in [0.15, 0.2) is 53.6 Å². The summed E-state index contributed by atoms with van der Waals surface area (Å²) in [4.78, 5) is 0. The minimum absolute atomic E-state index is 0.744. The Labute approximate surface area is 119 Å². The van der Waals surface area contributed by atoms with Crippen LogP contribution in [0.25, 0.3) is 0 Å². The van der Waals surface area contributed by atoms with Gasteiger partial charge in [0.15, 0.2) is 0 Å². The number of anilines is 1. The third-order valence-corrected chi connectivity index (χ3v) is 2.88. The number of benzene rings is 2. The molecule has 0 spiro atoms. The Morgan fingerprint density at radius 1 is 0.950 bits per heavy atom. The molecule has 20 heavy (non-hydrogen) atoms. The molecule has 0 aromatic heterocycles. The second-order valence-electron chi connectivity index (χ2n) is 4.25. The summed E-state index contributed by atoms with van der Waals surface area (Å²) in [7, 11) is 5.17. The molecule has 0 fully saturated rings. The number of rotatable bonds is 5. The van der Waals surface area contributed by atoms with Crippen LogP contribution in [0.4, 0.5) is 5.69 Å². The molecule has 4 nitrogen and oxygen atoms in total. The van der Waals surface area contributed by atoms with E-state index in [4.69, 9.17) is 9.47 Å². The average molecular weight is 270 g/mol. The molecule has 0 aliphatic rings. The zero-order chi connectivity index (χ0) is 14.4. The van der Waals surface area contributed by atoms with E-state index in [1.165, 1.54) is 0 Å². The average Bonchev–Trinajstić information content (AvgIpc) is 2.53. The standard InChI is InChI=1S/C16H18N2O2/c1-18(14-7-5-4-6-8-14)17-12-13-9-15(19-2)11-16(10-13)20-3/h4-12H,1-3H3/b17-12+. The zero-order valence-electron chi connectivity index (χ0n) is 11.9. The maximum atomic E-state index is 5.23. The minimum atomic E-state index is 0.744. The Morgan fingerprint density at radius 2 is 1.55 bits per heavy atom. The number of hydrazone groups is 1. The highest BCUT2D eigenvalue weighted by Crippen LogP contribution is 2.21. The van der Waals surface area contributed by atoms with Gasteiger partial charge in [-0.3, -0.25) is 5.01 Å². The van der Waals surface area contributed by atoms with Gasteiger partial charge in [0.1, 0.15) is 11.5 Å². The summed E-state index contributed by atoms with van der Waals surface area (Å²) < 4.78 is 10.5. The van der Waals surface area contributed by atoms with Gasteiger partial charge in [-0.1, -0.05) is 18.2 Å². The molecular weight excluding hydrogens is 252 g/mol.